The van der Waals surface area contributed by atoms with E-state index in [4.69, 9.17) is 0 Å². The minimum atomic E-state index is -0.0287. The van der Waals surface area contributed by atoms with Gasteiger partial charge >= 0.3 is 0 Å². The van der Waals surface area contributed by atoms with E-state index in [1.54, 1.807) is 4.90 Å². The summed E-state index contributed by atoms with van der Waals surface area (Å²) >= 11 is 1.43. The maximum absolute atomic E-state index is 12.2. The van der Waals surface area contributed by atoms with Crippen molar-refractivity contribution in [3.8, 4) is 0 Å². The van der Waals surface area contributed by atoms with E-state index >= 15 is 0 Å². The molecule has 1 unspecified atom stereocenters. The number of aromatic nitrogens is 1. The first-order valence-electron chi connectivity index (χ1n) is 8.73. The molecule has 1 atom stereocenters. The molecule has 1 N–H and O–H groups in total. The summed E-state index contributed by atoms with van der Waals surface area (Å²) in [6.45, 7) is 3.48. The van der Waals surface area contributed by atoms with Crippen LogP contribution in [0.4, 0.5) is 5.13 Å². The van der Waals surface area contributed by atoms with Crippen LogP contribution in [-0.2, 0) is 16.0 Å². The van der Waals surface area contributed by atoms with Gasteiger partial charge in [0.05, 0.1) is 12.1 Å². The fourth-order valence-corrected chi connectivity index (χ4v) is 3.91. The van der Waals surface area contributed by atoms with Crippen molar-refractivity contribution in [3.05, 3.63) is 47.0 Å². The Labute approximate surface area is 152 Å². The van der Waals surface area contributed by atoms with Gasteiger partial charge in [-0.3, -0.25) is 14.5 Å². The molecule has 0 radical (unpaired) electrons. The Bertz CT molecular complexity index is 729. The van der Waals surface area contributed by atoms with Gasteiger partial charge in [-0.1, -0.05) is 37.3 Å². The Balaban J connectivity index is 1.52. The zero-order chi connectivity index (χ0) is 17.6. The number of nitrogens with zero attached hydrogens (tertiary/aromatic N) is 2. The number of carbonyl (C=O) groups excluding carboxylic acids is 2. The van der Waals surface area contributed by atoms with Gasteiger partial charge in [0.15, 0.2) is 5.13 Å². The first-order chi connectivity index (χ1) is 12.2. The molecule has 2 aromatic rings. The van der Waals surface area contributed by atoms with Gasteiger partial charge in [0.25, 0.3) is 0 Å². The van der Waals surface area contributed by atoms with Crippen molar-refractivity contribution in [1.29, 1.82) is 0 Å². The molecule has 2 amide bonds. The fraction of sp³-hybridized carbons (Fsp3) is 0.421. The van der Waals surface area contributed by atoms with Crippen molar-refractivity contribution < 1.29 is 9.59 Å². The Morgan fingerprint density at radius 1 is 1.36 bits per heavy atom. The van der Waals surface area contributed by atoms with E-state index in [1.807, 2.05) is 23.6 Å². The highest BCUT2D eigenvalue weighted by molar-refractivity contribution is 7.14. The predicted octanol–water partition coefficient (Wildman–Crippen LogP) is 3.12. The highest BCUT2D eigenvalue weighted by atomic mass is 32.1. The minimum Gasteiger partial charge on any atom is -0.355 e. The van der Waals surface area contributed by atoms with Crippen molar-refractivity contribution in [2.45, 2.75) is 38.5 Å². The summed E-state index contributed by atoms with van der Waals surface area (Å²) in [4.78, 5) is 30.2. The molecule has 25 heavy (non-hydrogen) atoms. The lowest BCUT2D eigenvalue weighted by Crippen LogP contribution is -2.29. The van der Waals surface area contributed by atoms with Crippen LogP contribution in [0.25, 0.3) is 0 Å². The number of carbonyl (C=O) groups is 2. The van der Waals surface area contributed by atoms with Crippen LogP contribution in [-0.4, -0.2) is 29.9 Å². The second-order valence-electron chi connectivity index (χ2n) is 6.27. The Morgan fingerprint density at radius 2 is 2.16 bits per heavy atom. The second kappa shape index (κ2) is 8.25. The second-order valence-corrected chi connectivity index (χ2v) is 7.10. The summed E-state index contributed by atoms with van der Waals surface area (Å²) in [6, 6.07) is 10.2. The van der Waals surface area contributed by atoms with Crippen LogP contribution in [0.2, 0.25) is 0 Å². The van der Waals surface area contributed by atoms with E-state index in [0.717, 1.165) is 25.1 Å². The molecule has 5 nitrogen and oxygen atoms in total. The van der Waals surface area contributed by atoms with Crippen LogP contribution in [0.5, 0.6) is 0 Å². The van der Waals surface area contributed by atoms with Crippen LogP contribution in [0.15, 0.2) is 35.7 Å². The summed E-state index contributed by atoms with van der Waals surface area (Å²) in [6.07, 6.45) is 2.70. The number of hydrogen-bond donors (Lipinski definition) is 1. The van der Waals surface area contributed by atoms with Crippen molar-refractivity contribution in [2.24, 2.45) is 0 Å². The number of benzene rings is 1. The molecule has 1 saturated heterocycles. The number of nitrogens with one attached hydrogen (secondary N) is 1. The van der Waals surface area contributed by atoms with Crippen molar-refractivity contribution in [1.82, 2.24) is 10.3 Å². The zero-order valence-electron chi connectivity index (χ0n) is 14.4. The number of anilines is 1. The van der Waals surface area contributed by atoms with Gasteiger partial charge in [-0.2, -0.15) is 0 Å². The van der Waals surface area contributed by atoms with E-state index in [0.29, 0.717) is 24.0 Å². The van der Waals surface area contributed by atoms with Gasteiger partial charge in [0.1, 0.15) is 0 Å². The van der Waals surface area contributed by atoms with Crippen LogP contribution in [0, 0.1) is 0 Å². The first kappa shape index (κ1) is 17.6. The summed E-state index contributed by atoms with van der Waals surface area (Å²) < 4.78 is 0. The Morgan fingerprint density at radius 3 is 2.84 bits per heavy atom. The summed E-state index contributed by atoms with van der Waals surface area (Å²) in [5.41, 5.74) is 1.97. The highest BCUT2D eigenvalue weighted by Crippen LogP contribution is 2.25. The van der Waals surface area contributed by atoms with E-state index in [9.17, 15) is 9.59 Å². The van der Waals surface area contributed by atoms with Crippen LogP contribution in [0.1, 0.15) is 43.4 Å². The first-order valence-corrected chi connectivity index (χ1v) is 9.61. The lowest BCUT2D eigenvalue weighted by atomic mass is 9.96. The molecule has 0 spiro atoms. The number of thiazole rings is 1. The molecule has 1 aromatic heterocycles. The Kier molecular flexibility index (Phi) is 5.81. The molecule has 1 aliphatic rings. The molecule has 0 saturated carbocycles. The van der Waals surface area contributed by atoms with Gasteiger partial charge in [0, 0.05) is 30.8 Å². The molecule has 0 aliphatic carbocycles. The molecular formula is C19H23N3O2S. The maximum Gasteiger partial charge on any atom is 0.228 e. The van der Waals surface area contributed by atoms with Crippen LogP contribution < -0.4 is 10.2 Å². The van der Waals surface area contributed by atoms with Crippen molar-refractivity contribution in [2.75, 3.05) is 18.0 Å². The normalized spacial score (nSPS) is 15.4. The van der Waals surface area contributed by atoms with Gasteiger partial charge in [-0.15, -0.1) is 11.3 Å². The SMILES string of the molecule is CCC(CNC(=O)Cc1csc(N2CCCC2=O)n1)c1ccccc1. The summed E-state index contributed by atoms with van der Waals surface area (Å²) in [5.74, 6) is 0.413. The molecule has 1 aromatic carbocycles. The molecule has 6 heteroatoms. The molecule has 3 rings (SSSR count). The highest BCUT2D eigenvalue weighted by Gasteiger charge is 2.24. The van der Waals surface area contributed by atoms with Gasteiger partial charge < -0.3 is 5.32 Å². The van der Waals surface area contributed by atoms with E-state index in [-0.39, 0.29) is 18.2 Å². The number of hydrogen-bond acceptors (Lipinski definition) is 4. The summed E-state index contributed by atoms with van der Waals surface area (Å²) in [7, 11) is 0. The van der Waals surface area contributed by atoms with Gasteiger partial charge in [-0.25, -0.2) is 4.98 Å². The smallest absolute Gasteiger partial charge is 0.228 e. The van der Waals surface area contributed by atoms with Crippen LogP contribution in [0.3, 0.4) is 0 Å². The third-order valence-corrected chi connectivity index (χ3v) is 5.41. The maximum atomic E-state index is 12.2. The standard InChI is InChI=1S/C19H23N3O2S/c1-2-14(15-7-4-3-5-8-15)12-20-17(23)11-16-13-25-19(21-16)22-10-6-9-18(22)24/h3-5,7-8,13-14H,2,6,9-12H2,1H3,(H,20,23). The van der Waals surface area contributed by atoms with Gasteiger partial charge in [0.2, 0.25) is 11.8 Å². The van der Waals surface area contributed by atoms with E-state index in [2.05, 4.69) is 29.4 Å². The fourth-order valence-electron chi connectivity index (χ4n) is 3.04. The monoisotopic (exact) mass is 357 g/mol. The third kappa shape index (κ3) is 4.45. The average Bonchev–Trinajstić information content (AvgIpc) is 3.25. The van der Waals surface area contributed by atoms with E-state index in [1.165, 1.54) is 16.9 Å². The van der Waals surface area contributed by atoms with Crippen LogP contribution >= 0.6 is 11.3 Å². The molecular weight excluding hydrogens is 334 g/mol. The predicted molar refractivity (Wildman–Crippen MR) is 99.9 cm³/mol. The lowest BCUT2D eigenvalue weighted by molar-refractivity contribution is -0.120. The van der Waals surface area contributed by atoms with Crippen molar-refractivity contribution >= 4 is 28.3 Å². The zero-order valence-corrected chi connectivity index (χ0v) is 15.2. The average molecular weight is 357 g/mol. The summed E-state index contributed by atoms with van der Waals surface area (Å²) in [5, 5.41) is 5.59. The topological polar surface area (TPSA) is 62.3 Å². The molecule has 1 fully saturated rings. The third-order valence-electron chi connectivity index (χ3n) is 4.50. The molecule has 1 aliphatic heterocycles. The van der Waals surface area contributed by atoms with Gasteiger partial charge in [-0.05, 0) is 18.4 Å². The van der Waals surface area contributed by atoms with E-state index < -0.39 is 0 Å². The van der Waals surface area contributed by atoms with Crippen molar-refractivity contribution in [3.63, 3.8) is 0 Å². The molecule has 0 bridgehead atoms. The lowest BCUT2D eigenvalue weighted by Gasteiger charge is -2.16. The molecule has 132 valence electrons. The quantitative estimate of drug-likeness (QED) is 0.828. The minimum absolute atomic E-state index is 0.0287. The number of amides is 2. The Hall–Kier alpha value is -2.21. The largest absolute Gasteiger partial charge is 0.355 e. The molecule has 2 heterocycles. The number of rotatable bonds is 7.